The third-order valence-electron chi connectivity index (χ3n) is 8.54. The number of amides is 1. The molecular formula is C32H27ClF4N4O4. The minimum Gasteiger partial charge on any atom is -0.488 e. The lowest BCUT2D eigenvalue weighted by Crippen LogP contribution is -2.52. The lowest BCUT2D eigenvalue weighted by molar-refractivity contribution is -0.191. The van der Waals surface area contributed by atoms with E-state index in [4.69, 9.17) is 26.8 Å². The van der Waals surface area contributed by atoms with Crippen LogP contribution in [0, 0.1) is 11.7 Å². The van der Waals surface area contributed by atoms with Gasteiger partial charge in [0.05, 0.1) is 18.3 Å². The van der Waals surface area contributed by atoms with Crippen molar-refractivity contribution in [2.75, 3.05) is 13.2 Å². The van der Waals surface area contributed by atoms with Crippen LogP contribution in [0.2, 0.25) is 5.15 Å². The number of carbonyl (C=O) groups is 1. The predicted octanol–water partition coefficient (Wildman–Crippen LogP) is 5.77. The number of ether oxygens (including phenoxy) is 2. The summed E-state index contributed by atoms with van der Waals surface area (Å²) < 4.78 is 68.0. The Morgan fingerprint density at radius 1 is 1.09 bits per heavy atom. The summed E-state index contributed by atoms with van der Waals surface area (Å²) in [5.74, 6) is -1.29. The van der Waals surface area contributed by atoms with Crippen LogP contribution in [0.15, 0.2) is 54.6 Å². The molecular weight excluding hydrogens is 616 g/mol. The summed E-state index contributed by atoms with van der Waals surface area (Å²) >= 11 is 6.10. The first-order chi connectivity index (χ1) is 21.4. The molecule has 4 aromatic rings. The molecule has 1 unspecified atom stereocenters. The topological polar surface area (TPSA) is 120 Å². The maximum atomic E-state index is 14.3. The number of rotatable bonds is 8. The molecule has 13 heteroatoms. The van der Waals surface area contributed by atoms with Crippen molar-refractivity contribution in [1.29, 1.82) is 0 Å². The van der Waals surface area contributed by atoms with Gasteiger partial charge in [0.15, 0.2) is 11.3 Å². The summed E-state index contributed by atoms with van der Waals surface area (Å²) in [5, 5.41) is 15.7. The van der Waals surface area contributed by atoms with Gasteiger partial charge in [-0.05, 0) is 86.2 Å². The fourth-order valence-electron chi connectivity index (χ4n) is 5.62. The van der Waals surface area contributed by atoms with Gasteiger partial charge in [-0.1, -0.05) is 11.6 Å². The van der Waals surface area contributed by atoms with Gasteiger partial charge in [-0.2, -0.15) is 13.2 Å². The Morgan fingerprint density at radius 3 is 2.49 bits per heavy atom. The van der Waals surface area contributed by atoms with Crippen LogP contribution in [0.5, 0.6) is 11.5 Å². The van der Waals surface area contributed by atoms with E-state index in [1.807, 2.05) is 0 Å². The number of pyridine rings is 2. The first kappa shape index (κ1) is 29.7. The standard InChI is InChI=1S/C32H27ClF4N4O4/c33-25-10-3-17-11-18(12-23(26(17)41-25)45-21-8-9-21)29(42)39-14-30(43,19-4-5-19)24-13-22-28(44-15-31(22,38)32(35,36)37)27(40-24)16-1-6-20(34)7-2-16/h1-3,6-7,10-13,19,21,43H,4-5,8-9,14-15,38H2,(H,39,42)/t30?,31-/m0/s1. The molecule has 2 aliphatic carbocycles. The number of fused-ring (bicyclic) bond motifs is 2. The van der Waals surface area contributed by atoms with E-state index < -0.39 is 47.1 Å². The van der Waals surface area contributed by atoms with Crippen LogP contribution < -0.4 is 20.5 Å². The van der Waals surface area contributed by atoms with Crippen LogP contribution >= 0.6 is 11.6 Å². The Kier molecular flexibility index (Phi) is 6.95. The fraction of sp³-hybridized carbons (Fsp3) is 0.344. The predicted molar refractivity (Wildman–Crippen MR) is 156 cm³/mol. The minimum absolute atomic E-state index is 0.0174. The molecule has 0 saturated heterocycles. The van der Waals surface area contributed by atoms with Gasteiger partial charge in [0.2, 0.25) is 0 Å². The van der Waals surface area contributed by atoms with E-state index in [1.54, 1.807) is 24.3 Å². The van der Waals surface area contributed by atoms with E-state index in [-0.39, 0.29) is 46.1 Å². The highest BCUT2D eigenvalue weighted by Crippen LogP contribution is 2.52. The monoisotopic (exact) mass is 642 g/mol. The van der Waals surface area contributed by atoms with Gasteiger partial charge in [-0.15, -0.1) is 0 Å². The average Bonchev–Trinajstić information content (AvgIpc) is 3.94. The van der Waals surface area contributed by atoms with Gasteiger partial charge in [0.25, 0.3) is 5.91 Å². The molecule has 2 fully saturated rings. The number of alkyl halides is 3. The van der Waals surface area contributed by atoms with Crippen LogP contribution in [-0.4, -0.2) is 46.4 Å². The van der Waals surface area contributed by atoms with E-state index in [2.05, 4.69) is 15.3 Å². The van der Waals surface area contributed by atoms with Gasteiger partial charge < -0.3 is 25.6 Å². The zero-order valence-corrected chi connectivity index (χ0v) is 24.4. The lowest BCUT2D eigenvalue weighted by atomic mass is 9.86. The molecule has 1 amide bonds. The lowest BCUT2D eigenvalue weighted by Gasteiger charge is -2.31. The van der Waals surface area contributed by atoms with Gasteiger partial charge >= 0.3 is 6.18 Å². The van der Waals surface area contributed by atoms with Gasteiger partial charge in [-0.3, -0.25) is 4.79 Å². The maximum Gasteiger partial charge on any atom is 0.414 e. The molecule has 2 saturated carbocycles. The first-order valence-corrected chi connectivity index (χ1v) is 14.8. The minimum atomic E-state index is -4.89. The molecule has 0 radical (unpaired) electrons. The summed E-state index contributed by atoms with van der Waals surface area (Å²) in [5.41, 5.74) is 1.68. The second-order valence-electron chi connectivity index (χ2n) is 11.9. The van der Waals surface area contributed by atoms with Gasteiger partial charge in [-0.25, -0.2) is 14.4 Å². The largest absolute Gasteiger partial charge is 0.488 e. The Balaban J connectivity index is 1.26. The molecule has 3 aliphatic rings. The van der Waals surface area contributed by atoms with E-state index in [1.165, 1.54) is 12.1 Å². The van der Waals surface area contributed by atoms with E-state index in [9.17, 15) is 27.5 Å². The maximum absolute atomic E-state index is 14.3. The van der Waals surface area contributed by atoms with Crippen LogP contribution in [0.3, 0.4) is 0 Å². The second kappa shape index (κ2) is 10.5. The van der Waals surface area contributed by atoms with Crippen molar-refractivity contribution in [3.8, 4) is 22.8 Å². The fourth-order valence-corrected chi connectivity index (χ4v) is 5.77. The molecule has 4 N–H and O–H groups in total. The molecule has 0 bridgehead atoms. The molecule has 45 heavy (non-hydrogen) atoms. The van der Waals surface area contributed by atoms with Crippen molar-refractivity contribution in [3.05, 3.63) is 82.4 Å². The smallest absolute Gasteiger partial charge is 0.414 e. The van der Waals surface area contributed by atoms with Crippen molar-refractivity contribution < 1.29 is 36.9 Å². The third-order valence-corrected chi connectivity index (χ3v) is 8.75. The van der Waals surface area contributed by atoms with Crippen molar-refractivity contribution in [2.45, 2.75) is 49.1 Å². The number of hydrogen-bond donors (Lipinski definition) is 3. The number of aliphatic hydroxyl groups is 1. The summed E-state index contributed by atoms with van der Waals surface area (Å²) in [4.78, 5) is 22.4. The number of aromatic nitrogens is 2. The highest BCUT2D eigenvalue weighted by molar-refractivity contribution is 6.29. The van der Waals surface area contributed by atoms with Crippen LogP contribution in [-0.2, 0) is 11.1 Å². The van der Waals surface area contributed by atoms with E-state index >= 15 is 0 Å². The van der Waals surface area contributed by atoms with Crippen LogP contribution in [0.4, 0.5) is 17.6 Å². The number of carbonyl (C=O) groups excluding carboxylic acids is 1. The molecule has 2 aromatic carbocycles. The summed E-state index contributed by atoms with van der Waals surface area (Å²) in [6, 6.07) is 12.6. The number of halogens is 5. The molecule has 7 rings (SSSR count). The highest BCUT2D eigenvalue weighted by atomic mass is 35.5. The Labute approximate surface area is 259 Å². The van der Waals surface area contributed by atoms with Crippen molar-refractivity contribution in [3.63, 3.8) is 0 Å². The Bertz CT molecular complexity index is 1830. The Hall–Kier alpha value is -4.00. The second-order valence-corrected chi connectivity index (χ2v) is 12.3. The van der Waals surface area contributed by atoms with Crippen LogP contribution in [0.1, 0.15) is 47.3 Å². The number of nitrogens with zero attached hydrogens (tertiary/aromatic N) is 2. The molecule has 0 spiro atoms. The van der Waals surface area contributed by atoms with Crippen molar-refractivity contribution >= 4 is 28.4 Å². The molecule has 2 atom stereocenters. The normalized spacial score (nSPS) is 20.8. The van der Waals surface area contributed by atoms with Crippen LogP contribution in [0.25, 0.3) is 22.2 Å². The van der Waals surface area contributed by atoms with Crippen molar-refractivity contribution in [2.24, 2.45) is 11.7 Å². The van der Waals surface area contributed by atoms with Gasteiger partial charge in [0, 0.05) is 22.1 Å². The number of hydrogen-bond acceptors (Lipinski definition) is 7. The molecule has 8 nitrogen and oxygen atoms in total. The highest BCUT2D eigenvalue weighted by Gasteiger charge is 2.59. The quantitative estimate of drug-likeness (QED) is 0.165. The third kappa shape index (κ3) is 5.34. The molecule has 1 aliphatic heterocycles. The summed E-state index contributed by atoms with van der Waals surface area (Å²) in [6.07, 6.45) is -2.00. The number of benzene rings is 2. The van der Waals surface area contributed by atoms with Crippen molar-refractivity contribution in [1.82, 2.24) is 15.3 Å². The zero-order chi connectivity index (χ0) is 31.7. The molecule has 3 heterocycles. The summed E-state index contributed by atoms with van der Waals surface area (Å²) in [7, 11) is 0. The molecule has 2 aromatic heterocycles. The average molecular weight is 643 g/mol. The van der Waals surface area contributed by atoms with Gasteiger partial charge in [0.1, 0.15) is 40.1 Å². The van der Waals surface area contributed by atoms with E-state index in [0.717, 1.165) is 31.0 Å². The first-order valence-electron chi connectivity index (χ1n) is 14.4. The number of nitrogens with one attached hydrogen (secondary N) is 1. The Morgan fingerprint density at radius 2 is 1.82 bits per heavy atom. The molecule has 234 valence electrons. The summed E-state index contributed by atoms with van der Waals surface area (Å²) in [6.45, 7) is -1.25. The number of nitrogens with two attached hydrogens (primary N) is 1. The zero-order valence-electron chi connectivity index (χ0n) is 23.6. The van der Waals surface area contributed by atoms with E-state index in [0.29, 0.717) is 29.5 Å². The SMILES string of the molecule is N[C@@]1(C(F)(F)F)COc2c1cc(C(O)(CNC(=O)c1cc(OC3CC3)c3nc(Cl)ccc3c1)C1CC1)nc2-c1ccc(F)cc1.